The van der Waals surface area contributed by atoms with Crippen LogP contribution in [0.15, 0.2) is 27.4 Å². The summed E-state index contributed by atoms with van der Waals surface area (Å²) < 4.78 is 12.5. The van der Waals surface area contributed by atoms with Crippen LogP contribution in [0.25, 0.3) is 11.1 Å². The van der Waals surface area contributed by atoms with Gasteiger partial charge in [0.15, 0.2) is 5.58 Å². The first-order valence-corrected chi connectivity index (χ1v) is 9.09. The van der Waals surface area contributed by atoms with Gasteiger partial charge in [0.05, 0.1) is 11.6 Å². The van der Waals surface area contributed by atoms with Crippen LogP contribution in [0, 0.1) is 18.8 Å². The molecule has 2 aliphatic rings. The molecule has 1 amide bonds. The number of amides is 1. The van der Waals surface area contributed by atoms with E-state index >= 15 is 0 Å². The summed E-state index contributed by atoms with van der Waals surface area (Å²) in [5.41, 5.74) is 2.36. The average Bonchev–Trinajstić information content (AvgIpc) is 3.12. The number of hydrogen-bond acceptors (Lipinski definition) is 4. The molecule has 1 aliphatic heterocycles. The van der Waals surface area contributed by atoms with Gasteiger partial charge in [0, 0.05) is 37.5 Å². The second kappa shape index (κ2) is 6.33. The van der Waals surface area contributed by atoms with Crippen molar-refractivity contribution >= 4 is 17.0 Å². The Bertz CT molecular complexity index is 853. The number of ether oxygens (including phenoxy) is 1. The average molecular weight is 344 g/mol. The third-order valence-electron chi connectivity index (χ3n) is 5.71. The number of benzene rings is 1. The monoisotopic (exact) mass is 344 g/mol. The van der Waals surface area contributed by atoms with Gasteiger partial charge in [0.2, 0.25) is 5.91 Å². The van der Waals surface area contributed by atoms with Crippen LogP contribution in [0.2, 0.25) is 0 Å². The Hall–Kier alpha value is -2.08. The van der Waals surface area contributed by atoms with Gasteiger partial charge in [-0.25, -0.2) is 4.79 Å². The van der Waals surface area contributed by atoms with Crippen LogP contribution in [0.3, 0.4) is 0 Å². The molecule has 2 heterocycles. The Morgan fingerprint density at radius 3 is 3.04 bits per heavy atom. The number of carbonyl (C=O) groups excluding carboxylic acids is 1. The molecular weight excluding hydrogens is 320 g/mol. The standard InChI is InChI=1S/C19H24N2O4/c1-3-12-17(13-7-9-24-18(12)13)20-16(22)6-8-21-14-10-11(2)4-5-15(14)25-19(21)23/h4-5,10,12-13,17-18H,3,6-9H2,1-2H3,(H,20,22)/t12-,13+,17-,18-/m0/s1. The fourth-order valence-corrected chi connectivity index (χ4v) is 4.39. The van der Waals surface area contributed by atoms with Gasteiger partial charge < -0.3 is 14.5 Å². The van der Waals surface area contributed by atoms with Crippen molar-refractivity contribution in [3.8, 4) is 0 Å². The Balaban J connectivity index is 1.42. The Morgan fingerprint density at radius 2 is 2.24 bits per heavy atom. The smallest absolute Gasteiger partial charge is 0.408 e. The lowest BCUT2D eigenvalue weighted by molar-refractivity contribution is -0.127. The molecule has 1 N–H and O–H groups in total. The van der Waals surface area contributed by atoms with E-state index in [9.17, 15) is 9.59 Å². The highest BCUT2D eigenvalue weighted by Crippen LogP contribution is 2.45. The summed E-state index contributed by atoms with van der Waals surface area (Å²) in [6, 6.07) is 5.83. The summed E-state index contributed by atoms with van der Waals surface area (Å²) in [5, 5.41) is 3.17. The number of oxazole rings is 1. The van der Waals surface area contributed by atoms with Crippen LogP contribution in [-0.4, -0.2) is 29.2 Å². The van der Waals surface area contributed by atoms with Crippen molar-refractivity contribution < 1.29 is 13.9 Å². The summed E-state index contributed by atoms with van der Waals surface area (Å²) in [4.78, 5) is 24.5. The van der Waals surface area contributed by atoms with Crippen molar-refractivity contribution in [2.45, 2.75) is 51.8 Å². The molecule has 0 unspecified atom stereocenters. The Kier molecular flexibility index (Phi) is 4.15. The zero-order chi connectivity index (χ0) is 17.6. The van der Waals surface area contributed by atoms with Crippen molar-refractivity contribution in [3.63, 3.8) is 0 Å². The molecule has 0 bridgehead atoms. The number of hydrogen-bond donors (Lipinski definition) is 1. The van der Waals surface area contributed by atoms with Gasteiger partial charge in [-0.2, -0.15) is 0 Å². The molecule has 1 saturated carbocycles. The molecule has 2 fully saturated rings. The van der Waals surface area contributed by atoms with Gasteiger partial charge in [-0.15, -0.1) is 0 Å². The maximum absolute atomic E-state index is 12.4. The summed E-state index contributed by atoms with van der Waals surface area (Å²) >= 11 is 0. The molecule has 1 aliphatic carbocycles. The molecule has 4 atom stereocenters. The first-order chi connectivity index (χ1) is 12.1. The fourth-order valence-electron chi connectivity index (χ4n) is 4.39. The molecule has 2 aromatic rings. The zero-order valence-corrected chi connectivity index (χ0v) is 14.7. The number of nitrogens with one attached hydrogen (secondary N) is 1. The highest BCUT2D eigenvalue weighted by molar-refractivity contribution is 5.77. The highest BCUT2D eigenvalue weighted by atomic mass is 16.5. The molecule has 0 radical (unpaired) electrons. The van der Waals surface area contributed by atoms with Crippen LogP contribution in [0.1, 0.15) is 31.7 Å². The van der Waals surface area contributed by atoms with Gasteiger partial charge in [-0.3, -0.25) is 9.36 Å². The summed E-state index contributed by atoms with van der Waals surface area (Å²) in [6.07, 6.45) is 2.63. The molecule has 1 aromatic heterocycles. The molecule has 1 aromatic carbocycles. The first-order valence-electron chi connectivity index (χ1n) is 9.09. The Labute approximate surface area is 146 Å². The van der Waals surface area contributed by atoms with E-state index in [1.54, 1.807) is 10.6 Å². The lowest BCUT2D eigenvalue weighted by Gasteiger charge is -2.47. The van der Waals surface area contributed by atoms with Crippen LogP contribution in [-0.2, 0) is 16.1 Å². The maximum atomic E-state index is 12.4. The summed E-state index contributed by atoms with van der Waals surface area (Å²) in [5.74, 6) is 0.445. The van der Waals surface area contributed by atoms with E-state index in [0.29, 0.717) is 30.1 Å². The van der Waals surface area contributed by atoms with Crippen LogP contribution in [0.5, 0.6) is 0 Å². The van der Waals surface area contributed by atoms with E-state index in [-0.39, 0.29) is 18.4 Å². The molecule has 134 valence electrons. The number of aromatic nitrogens is 1. The van der Waals surface area contributed by atoms with E-state index in [4.69, 9.17) is 9.15 Å². The largest absolute Gasteiger partial charge is 0.419 e. The zero-order valence-electron chi connectivity index (χ0n) is 14.7. The number of rotatable bonds is 5. The predicted octanol–water partition coefficient (Wildman–Crippen LogP) is 2.22. The van der Waals surface area contributed by atoms with E-state index < -0.39 is 5.76 Å². The minimum absolute atomic E-state index is 0.0114. The van der Waals surface area contributed by atoms with Gasteiger partial charge in [-0.1, -0.05) is 13.0 Å². The van der Waals surface area contributed by atoms with Crippen molar-refractivity contribution in [2.24, 2.45) is 11.8 Å². The molecule has 4 rings (SSSR count). The second-order valence-corrected chi connectivity index (χ2v) is 7.19. The van der Waals surface area contributed by atoms with Crippen LogP contribution >= 0.6 is 0 Å². The summed E-state index contributed by atoms with van der Waals surface area (Å²) in [6.45, 7) is 5.24. The maximum Gasteiger partial charge on any atom is 0.419 e. The molecule has 6 nitrogen and oxygen atoms in total. The van der Waals surface area contributed by atoms with Crippen molar-refractivity contribution in [1.82, 2.24) is 9.88 Å². The molecule has 0 spiro atoms. The number of aryl methyl sites for hydroxylation is 2. The van der Waals surface area contributed by atoms with E-state index in [1.807, 2.05) is 19.1 Å². The first kappa shape index (κ1) is 16.4. The van der Waals surface area contributed by atoms with Gasteiger partial charge in [-0.05, 0) is 37.5 Å². The van der Waals surface area contributed by atoms with E-state index in [0.717, 1.165) is 30.5 Å². The van der Waals surface area contributed by atoms with Gasteiger partial charge in [0.25, 0.3) is 0 Å². The second-order valence-electron chi connectivity index (χ2n) is 7.19. The van der Waals surface area contributed by atoms with Crippen molar-refractivity contribution in [1.29, 1.82) is 0 Å². The molecule has 25 heavy (non-hydrogen) atoms. The SMILES string of the molecule is CC[C@H]1[C@H](NC(=O)CCn2c(=O)oc3ccc(C)cc32)[C@H]2CCO[C@H]21. The summed E-state index contributed by atoms with van der Waals surface area (Å²) in [7, 11) is 0. The van der Waals surface area contributed by atoms with Gasteiger partial charge >= 0.3 is 5.76 Å². The molecular formula is C19H24N2O4. The quantitative estimate of drug-likeness (QED) is 0.903. The number of nitrogens with zero attached hydrogens (tertiary/aromatic N) is 1. The lowest BCUT2D eigenvalue weighted by atomic mass is 9.65. The topological polar surface area (TPSA) is 73.5 Å². The van der Waals surface area contributed by atoms with E-state index in [1.165, 1.54) is 0 Å². The number of carbonyl (C=O) groups is 1. The normalized spacial score (nSPS) is 27.9. The molecule has 6 heteroatoms. The van der Waals surface area contributed by atoms with Gasteiger partial charge in [0.1, 0.15) is 0 Å². The minimum Gasteiger partial charge on any atom is -0.408 e. The van der Waals surface area contributed by atoms with E-state index in [2.05, 4.69) is 12.2 Å². The third-order valence-corrected chi connectivity index (χ3v) is 5.71. The minimum atomic E-state index is -0.410. The van der Waals surface area contributed by atoms with Crippen LogP contribution in [0.4, 0.5) is 0 Å². The Morgan fingerprint density at radius 1 is 1.40 bits per heavy atom. The van der Waals surface area contributed by atoms with Crippen molar-refractivity contribution in [3.05, 3.63) is 34.3 Å². The highest BCUT2D eigenvalue weighted by Gasteiger charge is 2.53. The fraction of sp³-hybridized carbons (Fsp3) is 0.579. The van der Waals surface area contributed by atoms with Crippen molar-refractivity contribution in [2.75, 3.05) is 6.61 Å². The third kappa shape index (κ3) is 2.78. The lowest BCUT2D eigenvalue weighted by Crippen LogP contribution is -2.61. The number of fused-ring (bicyclic) bond motifs is 2. The predicted molar refractivity (Wildman–Crippen MR) is 93.4 cm³/mol. The van der Waals surface area contributed by atoms with Crippen LogP contribution < -0.4 is 11.1 Å². The molecule has 1 saturated heterocycles.